The van der Waals surface area contributed by atoms with Crippen LogP contribution in [0.2, 0.25) is 0 Å². The number of rotatable bonds is 7. The zero-order valence-electron chi connectivity index (χ0n) is 19.8. The first kappa shape index (κ1) is 25.9. The van der Waals surface area contributed by atoms with Crippen LogP contribution in [-0.2, 0) is 16.6 Å². The van der Waals surface area contributed by atoms with Gasteiger partial charge >= 0.3 is 6.18 Å². The van der Waals surface area contributed by atoms with E-state index in [9.17, 15) is 27.9 Å². The van der Waals surface area contributed by atoms with Crippen molar-refractivity contribution in [2.45, 2.75) is 49.5 Å². The number of amides is 2. The number of hydrogen-bond acceptors (Lipinski definition) is 6. The Morgan fingerprint density at radius 3 is 2.47 bits per heavy atom. The SMILES string of the molecule is COc1ccc(C2(O)CCC(N(C(=O)CNC(=O)c3cccc(C(F)(F)F)c3)C3CNC3)CC2)cn1. The average Bonchev–Trinajstić information content (AvgIpc) is 2.84. The number of carbonyl (C=O) groups is 2. The molecule has 0 unspecified atom stereocenters. The lowest BCUT2D eigenvalue weighted by atomic mass is 9.77. The number of aliphatic hydroxyl groups is 1. The minimum absolute atomic E-state index is 0.0400. The van der Waals surface area contributed by atoms with Crippen LogP contribution in [0.1, 0.15) is 47.2 Å². The van der Waals surface area contributed by atoms with Crippen LogP contribution < -0.4 is 15.4 Å². The van der Waals surface area contributed by atoms with E-state index in [2.05, 4.69) is 15.6 Å². The average molecular weight is 507 g/mol. The Labute approximate surface area is 206 Å². The van der Waals surface area contributed by atoms with Crippen molar-refractivity contribution in [3.05, 3.63) is 59.3 Å². The van der Waals surface area contributed by atoms with Crippen molar-refractivity contribution in [2.75, 3.05) is 26.7 Å². The van der Waals surface area contributed by atoms with E-state index in [0.29, 0.717) is 50.2 Å². The number of halogens is 3. The Hall–Kier alpha value is -3.18. The molecule has 0 spiro atoms. The maximum absolute atomic E-state index is 13.2. The van der Waals surface area contributed by atoms with Gasteiger partial charge in [0.05, 0.1) is 30.9 Å². The monoisotopic (exact) mass is 506 g/mol. The molecule has 2 aromatic rings. The molecule has 1 aliphatic heterocycles. The maximum Gasteiger partial charge on any atom is 0.416 e. The fraction of sp³-hybridized carbons (Fsp3) is 0.480. The van der Waals surface area contributed by atoms with Gasteiger partial charge in [-0.3, -0.25) is 9.59 Å². The first-order valence-corrected chi connectivity index (χ1v) is 11.8. The van der Waals surface area contributed by atoms with E-state index in [0.717, 1.165) is 18.2 Å². The number of ether oxygens (including phenoxy) is 1. The molecule has 1 aromatic carbocycles. The summed E-state index contributed by atoms with van der Waals surface area (Å²) < 4.78 is 44.0. The summed E-state index contributed by atoms with van der Waals surface area (Å²) in [6.07, 6.45) is -0.969. The number of aromatic nitrogens is 1. The quantitative estimate of drug-likeness (QED) is 0.533. The van der Waals surface area contributed by atoms with E-state index >= 15 is 0 Å². The summed E-state index contributed by atoms with van der Waals surface area (Å²) >= 11 is 0. The van der Waals surface area contributed by atoms with E-state index in [4.69, 9.17) is 4.74 Å². The van der Waals surface area contributed by atoms with Crippen LogP contribution >= 0.6 is 0 Å². The van der Waals surface area contributed by atoms with Crippen molar-refractivity contribution >= 4 is 11.8 Å². The second kappa shape index (κ2) is 10.4. The molecule has 0 bridgehead atoms. The van der Waals surface area contributed by atoms with Crippen LogP contribution in [-0.4, -0.2) is 65.6 Å². The third kappa shape index (κ3) is 5.62. The summed E-state index contributed by atoms with van der Waals surface area (Å²) in [5, 5.41) is 16.8. The molecule has 2 heterocycles. The molecule has 1 aliphatic carbocycles. The lowest BCUT2D eigenvalue weighted by Gasteiger charge is -2.47. The maximum atomic E-state index is 13.2. The molecule has 36 heavy (non-hydrogen) atoms. The van der Waals surface area contributed by atoms with Crippen molar-refractivity contribution < 1.29 is 32.6 Å². The van der Waals surface area contributed by atoms with E-state index in [1.54, 1.807) is 23.2 Å². The van der Waals surface area contributed by atoms with Gasteiger partial charge in [0.2, 0.25) is 11.8 Å². The smallest absolute Gasteiger partial charge is 0.416 e. The first-order valence-electron chi connectivity index (χ1n) is 11.8. The van der Waals surface area contributed by atoms with Gasteiger partial charge in [-0.05, 0) is 49.9 Å². The van der Waals surface area contributed by atoms with Gasteiger partial charge in [-0.1, -0.05) is 6.07 Å². The fourth-order valence-corrected chi connectivity index (χ4v) is 4.78. The van der Waals surface area contributed by atoms with Gasteiger partial charge in [-0.2, -0.15) is 13.2 Å². The highest BCUT2D eigenvalue weighted by Gasteiger charge is 2.41. The molecule has 1 aromatic heterocycles. The standard InChI is InChI=1S/C25H29F3N4O4/c1-36-21-6-5-18(12-30-21)24(35)9-7-19(8-10-24)32(20-13-29-14-20)22(33)15-31-23(34)16-3-2-4-17(11-16)25(26,27)28/h2-6,11-12,19-20,29,35H,7-10,13-15H2,1H3,(H,31,34). The molecule has 2 fully saturated rings. The predicted molar refractivity (Wildman–Crippen MR) is 124 cm³/mol. The largest absolute Gasteiger partial charge is 0.481 e. The first-order chi connectivity index (χ1) is 17.1. The van der Waals surface area contributed by atoms with Crippen molar-refractivity contribution in [3.63, 3.8) is 0 Å². The minimum atomic E-state index is -4.56. The van der Waals surface area contributed by atoms with Crippen molar-refractivity contribution in [1.29, 1.82) is 0 Å². The van der Waals surface area contributed by atoms with Crippen molar-refractivity contribution in [2.24, 2.45) is 0 Å². The predicted octanol–water partition coefficient (Wildman–Crippen LogP) is 2.47. The normalized spacial score (nSPS) is 22.4. The van der Waals surface area contributed by atoms with E-state index < -0.39 is 23.2 Å². The Balaban J connectivity index is 1.38. The summed E-state index contributed by atoms with van der Waals surface area (Å²) in [6, 6.07) is 7.41. The van der Waals surface area contributed by atoms with Gasteiger partial charge in [-0.15, -0.1) is 0 Å². The Kier molecular flexibility index (Phi) is 7.51. The van der Waals surface area contributed by atoms with E-state index in [1.807, 2.05) is 0 Å². The van der Waals surface area contributed by atoms with Gasteiger partial charge < -0.3 is 25.4 Å². The third-order valence-corrected chi connectivity index (χ3v) is 6.95. The number of hydrogen-bond donors (Lipinski definition) is 3. The molecule has 2 amide bonds. The zero-order valence-corrected chi connectivity index (χ0v) is 19.8. The number of pyridine rings is 1. The molecule has 8 nitrogen and oxygen atoms in total. The Morgan fingerprint density at radius 2 is 1.92 bits per heavy atom. The second-order valence-electron chi connectivity index (χ2n) is 9.23. The lowest BCUT2D eigenvalue weighted by molar-refractivity contribution is -0.139. The highest BCUT2D eigenvalue weighted by atomic mass is 19.4. The van der Waals surface area contributed by atoms with Crippen LogP contribution in [0.25, 0.3) is 0 Å². The molecule has 3 N–H and O–H groups in total. The highest BCUT2D eigenvalue weighted by molar-refractivity contribution is 5.96. The number of carbonyl (C=O) groups excluding carboxylic acids is 2. The van der Waals surface area contributed by atoms with Crippen LogP contribution in [0.5, 0.6) is 5.88 Å². The van der Waals surface area contributed by atoms with Crippen LogP contribution in [0.15, 0.2) is 42.6 Å². The molecule has 194 valence electrons. The molecule has 1 saturated carbocycles. The molecule has 2 aliphatic rings. The molecular formula is C25H29F3N4O4. The second-order valence-corrected chi connectivity index (χ2v) is 9.23. The number of benzene rings is 1. The summed E-state index contributed by atoms with van der Waals surface area (Å²) in [7, 11) is 1.52. The minimum Gasteiger partial charge on any atom is -0.481 e. The third-order valence-electron chi connectivity index (χ3n) is 6.95. The van der Waals surface area contributed by atoms with Crippen LogP contribution in [0.3, 0.4) is 0 Å². The fourth-order valence-electron chi connectivity index (χ4n) is 4.78. The van der Waals surface area contributed by atoms with Crippen LogP contribution in [0.4, 0.5) is 13.2 Å². The number of methoxy groups -OCH3 is 1. The van der Waals surface area contributed by atoms with Crippen molar-refractivity contribution in [3.8, 4) is 5.88 Å². The van der Waals surface area contributed by atoms with Gasteiger partial charge in [0, 0.05) is 42.5 Å². The number of alkyl halides is 3. The summed E-state index contributed by atoms with van der Waals surface area (Å²) in [4.78, 5) is 31.6. The van der Waals surface area contributed by atoms with Gasteiger partial charge in [0.25, 0.3) is 5.91 Å². The molecule has 11 heteroatoms. The lowest BCUT2D eigenvalue weighted by Crippen LogP contribution is -2.63. The Morgan fingerprint density at radius 1 is 1.19 bits per heavy atom. The summed E-state index contributed by atoms with van der Waals surface area (Å²) in [5.74, 6) is -0.591. The van der Waals surface area contributed by atoms with E-state index in [1.165, 1.54) is 13.2 Å². The Bertz CT molecular complexity index is 1080. The summed E-state index contributed by atoms with van der Waals surface area (Å²) in [5.41, 5.74) is -1.45. The highest BCUT2D eigenvalue weighted by Crippen LogP contribution is 2.39. The summed E-state index contributed by atoms with van der Waals surface area (Å²) in [6.45, 7) is 0.918. The van der Waals surface area contributed by atoms with Gasteiger partial charge in [0.1, 0.15) is 0 Å². The van der Waals surface area contributed by atoms with Crippen molar-refractivity contribution in [1.82, 2.24) is 20.5 Å². The van der Waals surface area contributed by atoms with Gasteiger partial charge in [-0.25, -0.2) is 4.98 Å². The van der Waals surface area contributed by atoms with Crippen LogP contribution in [0, 0.1) is 0 Å². The molecule has 4 rings (SSSR count). The molecule has 0 atom stereocenters. The number of nitrogens with zero attached hydrogens (tertiary/aromatic N) is 2. The molecule has 1 saturated heterocycles. The molecule has 0 radical (unpaired) electrons. The molecular weight excluding hydrogens is 477 g/mol. The number of nitrogens with one attached hydrogen (secondary N) is 2. The van der Waals surface area contributed by atoms with E-state index in [-0.39, 0.29) is 30.1 Å². The van der Waals surface area contributed by atoms with Gasteiger partial charge in [0.15, 0.2) is 0 Å². The zero-order chi connectivity index (χ0) is 25.9. The topological polar surface area (TPSA) is 104 Å².